The lowest BCUT2D eigenvalue weighted by Crippen LogP contribution is -2.44. The van der Waals surface area contributed by atoms with Crippen LogP contribution in [-0.2, 0) is 11.3 Å². The van der Waals surface area contributed by atoms with Gasteiger partial charge in [0.25, 0.3) is 0 Å². The van der Waals surface area contributed by atoms with Gasteiger partial charge in [0.1, 0.15) is 6.04 Å². The Bertz CT molecular complexity index is 459. The molecule has 1 aromatic rings. The average Bonchev–Trinajstić information content (AvgIpc) is 2.34. The van der Waals surface area contributed by atoms with Crippen LogP contribution in [0.15, 0.2) is 12.1 Å². The second-order valence-corrected chi connectivity index (χ2v) is 5.70. The number of carbonyl (C=O) groups is 1. The van der Waals surface area contributed by atoms with Gasteiger partial charge in [-0.15, -0.1) is 0 Å². The van der Waals surface area contributed by atoms with Crippen molar-refractivity contribution in [2.45, 2.75) is 52.6 Å². The van der Waals surface area contributed by atoms with Crippen LogP contribution in [0.2, 0.25) is 0 Å². The van der Waals surface area contributed by atoms with Crippen LogP contribution in [0.25, 0.3) is 0 Å². The van der Waals surface area contributed by atoms with E-state index in [0.29, 0.717) is 0 Å². The highest BCUT2D eigenvalue weighted by atomic mass is 16.4. The van der Waals surface area contributed by atoms with Crippen LogP contribution >= 0.6 is 0 Å². The number of hydrogen-bond acceptors (Lipinski definition) is 2. The first-order valence-electron chi connectivity index (χ1n) is 7.02. The molecule has 1 unspecified atom stereocenters. The summed E-state index contributed by atoms with van der Waals surface area (Å²) in [4.78, 5) is 13.5. The van der Waals surface area contributed by atoms with Crippen molar-refractivity contribution in [2.24, 2.45) is 0 Å². The number of likely N-dealkylation sites (tertiary alicyclic amines) is 1. The Kier molecular flexibility index (Phi) is 4.25. The topological polar surface area (TPSA) is 40.5 Å². The Morgan fingerprint density at radius 3 is 2.47 bits per heavy atom. The molecule has 104 valence electrons. The van der Waals surface area contributed by atoms with Gasteiger partial charge in [0.15, 0.2) is 0 Å². The normalized spacial score (nSPS) is 20.5. The van der Waals surface area contributed by atoms with Gasteiger partial charge in [-0.3, -0.25) is 9.69 Å². The molecule has 19 heavy (non-hydrogen) atoms. The van der Waals surface area contributed by atoms with E-state index in [1.54, 1.807) is 0 Å². The monoisotopic (exact) mass is 261 g/mol. The zero-order chi connectivity index (χ0) is 14.0. The van der Waals surface area contributed by atoms with Crippen LogP contribution in [0.3, 0.4) is 0 Å². The van der Waals surface area contributed by atoms with Crippen molar-refractivity contribution in [1.82, 2.24) is 4.90 Å². The minimum absolute atomic E-state index is 0.311. The number of benzene rings is 1. The maximum absolute atomic E-state index is 11.3. The molecule has 0 aliphatic carbocycles. The number of carboxylic acids is 1. The number of hydrogen-bond donors (Lipinski definition) is 1. The molecule has 0 aromatic heterocycles. The van der Waals surface area contributed by atoms with Crippen molar-refractivity contribution in [1.29, 1.82) is 0 Å². The predicted octanol–water partition coefficient (Wildman–Crippen LogP) is 3.05. The SMILES string of the molecule is Cc1cc(C)c(CN2CCCCC2C(=O)O)c(C)c1. The summed E-state index contributed by atoms with van der Waals surface area (Å²) >= 11 is 0. The van der Waals surface area contributed by atoms with E-state index < -0.39 is 5.97 Å². The van der Waals surface area contributed by atoms with Gasteiger partial charge in [-0.05, 0) is 56.8 Å². The zero-order valence-electron chi connectivity index (χ0n) is 12.1. The highest BCUT2D eigenvalue weighted by Gasteiger charge is 2.28. The maximum atomic E-state index is 11.3. The molecule has 1 aromatic carbocycles. The average molecular weight is 261 g/mol. The maximum Gasteiger partial charge on any atom is 0.320 e. The number of rotatable bonds is 3. The summed E-state index contributed by atoms with van der Waals surface area (Å²) in [5.41, 5.74) is 5.10. The molecule has 3 heteroatoms. The molecule has 0 spiro atoms. The van der Waals surface area contributed by atoms with Gasteiger partial charge in [-0.2, -0.15) is 0 Å². The van der Waals surface area contributed by atoms with Gasteiger partial charge in [0, 0.05) is 6.54 Å². The Morgan fingerprint density at radius 2 is 1.89 bits per heavy atom. The van der Waals surface area contributed by atoms with Crippen LogP contribution in [-0.4, -0.2) is 28.6 Å². The molecule has 2 rings (SSSR count). The summed E-state index contributed by atoms with van der Waals surface area (Å²) in [6.45, 7) is 7.99. The summed E-state index contributed by atoms with van der Waals surface area (Å²) in [6, 6.07) is 4.05. The van der Waals surface area contributed by atoms with Crippen LogP contribution in [0.1, 0.15) is 41.5 Å². The van der Waals surface area contributed by atoms with Crippen LogP contribution in [0.4, 0.5) is 0 Å². The summed E-state index contributed by atoms with van der Waals surface area (Å²) in [6.07, 6.45) is 2.91. The quantitative estimate of drug-likeness (QED) is 0.909. The molecular weight excluding hydrogens is 238 g/mol. The van der Waals surface area contributed by atoms with E-state index in [1.165, 1.54) is 22.3 Å². The lowest BCUT2D eigenvalue weighted by molar-refractivity contribution is -0.144. The van der Waals surface area contributed by atoms with Gasteiger partial charge < -0.3 is 5.11 Å². The number of nitrogens with zero attached hydrogens (tertiary/aromatic N) is 1. The molecule has 0 amide bonds. The van der Waals surface area contributed by atoms with E-state index in [1.807, 2.05) is 0 Å². The fraction of sp³-hybridized carbons (Fsp3) is 0.562. The van der Waals surface area contributed by atoms with Crippen LogP contribution < -0.4 is 0 Å². The highest BCUT2D eigenvalue weighted by molar-refractivity contribution is 5.73. The predicted molar refractivity (Wildman–Crippen MR) is 76.3 cm³/mol. The second kappa shape index (κ2) is 5.74. The third kappa shape index (κ3) is 3.16. The van der Waals surface area contributed by atoms with E-state index in [4.69, 9.17) is 0 Å². The molecule has 1 N–H and O–H groups in total. The molecule has 1 aliphatic rings. The van der Waals surface area contributed by atoms with Gasteiger partial charge >= 0.3 is 5.97 Å². The standard InChI is InChI=1S/C16H23NO2/c1-11-8-12(2)14(13(3)9-11)10-17-7-5-4-6-15(17)16(18)19/h8-9,15H,4-7,10H2,1-3H3,(H,18,19). The van der Waals surface area contributed by atoms with Crippen molar-refractivity contribution in [3.8, 4) is 0 Å². The first-order chi connectivity index (χ1) is 8.99. The zero-order valence-corrected chi connectivity index (χ0v) is 12.1. The van der Waals surface area contributed by atoms with E-state index >= 15 is 0 Å². The van der Waals surface area contributed by atoms with E-state index in [2.05, 4.69) is 37.8 Å². The van der Waals surface area contributed by atoms with Gasteiger partial charge in [-0.25, -0.2) is 0 Å². The van der Waals surface area contributed by atoms with Crippen LogP contribution in [0, 0.1) is 20.8 Å². The fourth-order valence-electron chi connectivity index (χ4n) is 3.12. The number of aryl methyl sites for hydroxylation is 3. The number of piperidine rings is 1. The Balaban J connectivity index is 2.22. The molecule has 0 radical (unpaired) electrons. The first-order valence-corrected chi connectivity index (χ1v) is 7.02. The Hall–Kier alpha value is -1.35. The van der Waals surface area contributed by atoms with E-state index in [9.17, 15) is 9.90 Å². The van der Waals surface area contributed by atoms with Gasteiger partial charge in [0.2, 0.25) is 0 Å². The van der Waals surface area contributed by atoms with Crippen molar-refractivity contribution in [2.75, 3.05) is 6.54 Å². The molecule has 1 aliphatic heterocycles. The molecule has 0 bridgehead atoms. The van der Waals surface area contributed by atoms with Gasteiger partial charge in [0.05, 0.1) is 0 Å². The summed E-state index contributed by atoms with van der Waals surface area (Å²) in [7, 11) is 0. The minimum Gasteiger partial charge on any atom is -0.480 e. The lowest BCUT2D eigenvalue weighted by Gasteiger charge is -2.33. The van der Waals surface area contributed by atoms with E-state index in [-0.39, 0.29) is 6.04 Å². The molecule has 0 saturated carbocycles. The molecule has 1 heterocycles. The summed E-state index contributed by atoms with van der Waals surface area (Å²) in [5, 5.41) is 9.33. The summed E-state index contributed by atoms with van der Waals surface area (Å²) < 4.78 is 0. The van der Waals surface area contributed by atoms with Crippen molar-refractivity contribution in [3.63, 3.8) is 0 Å². The third-order valence-corrected chi connectivity index (χ3v) is 4.10. The molecule has 3 nitrogen and oxygen atoms in total. The number of aliphatic carboxylic acids is 1. The Morgan fingerprint density at radius 1 is 1.26 bits per heavy atom. The number of carboxylic acid groups (broad SMARTS) is 1. The van der Waals surface area contributed by atoms with Crippen molar-refractivity contribution in [3.05, 3.63) is 34.4 Å². The minimum atomic E-state index is -0.679. The summed E-state index contributed by atoms with van der Waals surface area (Å²) in [5.74, 6) is -0.679. The molecular formula is C16H23NO2. The highest BCUT2D eigenvalue weighted by Crippen LogP contribution is 2.24. The van der Waals surface area contributed by atoms with Crippen LogP contribution in [0.5, 0.6) is 0 Å². The van der Waals surface area contributed by atoms with E-state index in [0.717, 1.165) is 32.4 Å². The third-order valence-electron chi connectivity index (χ3n) is 4.10. The fourth-order valence-corrected chi connectivity index (χ4v) is 3.12. The molecule has 1 saturated heterocycles. The second-order valence-electron chi connectivity index (χ2n) is 5.70. The van der Waals surface area contributed by atoms with Crippen molar-refractivity contribution >= 4 is 5.97 Å². The molecule has 1 atom stereocenters. The Labute approximate surface area is 115 Å². The lowest BCUT2D eigenvalue weighted by atomic mass is 9.96. The van der Waals surface area contributed by atoms with Gasteiger partial charge in [-0.1, -0.05) is 24.1 Å². The first kappa shape index (κ1) is 14.1. The van der Waals surface area contributed by atoms with Crippen molar-refractivity contribution < 1.29 is 9.90 Å². The molecule has 1 fully saturated rings. The largest absolute Gasteiger partial charge is 0.480 e. The smallest absolute Gasteiger partial charge is 0.320 e.